The standard InChI is InChI=1S/C16H26ClN3/c1-15(2,3)10-16(4,5)20-13-11-8-6-7-9-12(11)18-14(17)19-13/h6-10H2,1-5H3,(H,18,19,20). The quantitative estimate of drug-likeness (QED) is 0.826. The molecule has 0 radical (unpaired) electrons. The summed E-state index contributed by atoms with van der Waals surface area (Å²) in [6.45, 7) is 11.2. The summed E-state index contributed by atoms with van der Waals surface area (Å²) in [5, 5.41) is 3.97. The van der Waals surface area contributed by atoms with Crippen LogP contribution in [0.5, 0.6) is 0 Å². The minimum Gasteiger partial charge on any atom is -0.365 e. The molecular formula is C16H26ClN3. The van der Waals surface area contributed by atoms with Crippen molar-refractivity contribution >= 4 is 17.4 Å². The maximum atomic E-state index is 6.08. The van der Waals surface area contributed by atoms with Crippen LogP contribution in [0.4, 0.5) is 5.82 Å². The van der Waals surface area contributed by atoms with E-state index in [1.54, 1.807) is 0 Å². The van der Waals surface area contributed by atoms with Crippen LogP contribution in [0.3, 0.4) is 0 Å². The molecule has 1 N–H and O–H groups in total. The molecule has 3 nitrogen and oxygen atoms in total. The van der Waals surface area contributed by atoms with Gasteiger partial charge in [-0.15, -0.1) is 0 Å². The Morgan fingerprint density at radius 3 is 2.35 bits per heavy atom. The van der Waals surface area contributed by atoms with Crippen molar-refractivity contribution in [3.05, 3.63) is 16.5 Å². The van der Waals surface area contributed by atoms with Crippen LogP contribution in [0.2, 0.25) is 5.28 Å². The fourth-order valence-electron chi connectivity index (χ4n) is 3.36. The first-order valence-corrected chi connectivity index (χ1v) is 7.88. The van der Waals surface area contributed by atoms with Crippen molar-refractivity contribution in [2.45, 2.75) is 72.3 Å². The zero-order valence-corrected chi connectivity index (χ0v) is 14.1. The molecular weight excluding hydrogens is 270 g/mol. The lowest BCUT2D eigenvalue weighted by Crippen LogP contribution is -2.36. The van der Waals surface area contributed by atoms with E-state index in [1.165, 1.54) is 18.4 Å². The number of nitrogens with zero attached hydrogens (tertiary/aromatic N) is 2. The van der Waals surface area contributed by atoms with E-state index in [2.05, 4.69) is 49.9 Å². The molecule has 0 amide bonds. The summed E-state index contributed by atoms with van der Waals surface area (Å²) in [6, 6.07) is 0. The van der Waals surface area contributed by atoms with Crippen LogP contribution in [0.25, 0.3) is 0 Å². The Hall–Kier alpha value is -0.830. The summed E-state index contributed by atoms with van der Waals surface area (Å²) >= 11 is 6.08. The number of hydrogen-bond acceptors (Lipinski definition) is 3. The number of fused-ring (bicyclic) bond motifs is 1. The van der Waals surface area contributed by atoms with Crippen LogP contribution in [0.15, 0.2) is 0 Å². The molecule has 0 saturated carbocycles. The van der Waals surface area contributed by atoms with Crippen molar-refractivity contribution < 1.29 is 0 Å². The number of aromatic nitrogens is 2. The highest BCUT2D eigenvalue weighted by Gasteiger charge is 2.27. The van der Waals surface area contributed by atoms with Gasteiger partial charge >= 0.3 is 0 Å². The molecule has 0 aromatic carbocycles. The fourth-order valence-corrected chi connectivity index (χ4v) is 3.54. The number of aryl methyl sites for hydroxylation is 1. The normalized spacial score (nSPS) is 15.9. The van der Waals surface area contributed by atoms with Crippen LogP contribution >= 0.6 is 11.6 Å². The zero-order valence-electron chi connectivity index (χ0n) is 13.3. The Morgan fingerprint density at radius 2 is 1.70 bits per heavy atom. The molecule has 4 heteroatoms. The number of halogens is 1. The van der Waals surface area contributed by atoms with E-state index in [0.717, 1.165) is 30.8 Å². The molecule has 2 rings (SSSR count). The van der Waals surface area contributed by atoms with Crippen LogP contribution in [-0.4, -0.2) is 15.5 Å². The third-order valence-corrected chi connectivity index (χ3v) is 3.75. The highest BCUT2D eigenvalue weighted by molar-refractivity contribution is 6.28. The highest BCUT2D eigenvalue weighted by atomic mass is 35.5. The van der Waals surface area contributed by atoms with Crippen molar-refractivity contribution in [3.8, 4) is 0 Å². The minimum atomic E-state index is -0.0127. The molecule has 1 heterocycles. The molecule has 0 bridgehead atoms. The molecule has 112 valence electrons. The minimum absolute atomic E-state index is 0.0127. The van der Waals surface area contributed by atoms with Crippen LogP contribution < -0.4 is 5.32 Å². The molecule has 0 atom stereocenters. The Morgan fingerprint density at radius 1 is 1.05 bits per heavy atom. The Bertz CT molecular complexity index is 489. The SMILES string of the molecule is CC(C)(C)CC(C)(C)Nc1nc(Cl)nc2c1CCCC2. The number of rotatable bonds is 3. The molecule has 1 aliphatic carbocycles. The molecule has 1 aromatic heterocycles. The predicted octanol–water partition coefficient (Wildman–Crippen LogP) is 4.64. The van der Waals surface area contributed by atoms with Gasteiger partial charge in [0.15, 0.2) is 0 Å². The summed E-state index contributed by atoms with van der Waals surface area (Å²) < 4.78 is 0. The van der Waals surface area contributed by atoms with Gasteiger partial charge in [0.25, 0.3) is 0 Å². The molecule has 20 heavy (non-hydrogen) atoms. The van der Waals surface area contributed by atoms with Crippen molar-refractivity contribution in [1.29, 1.82) is 0 Å². The van der Waals surface area contributed by atoms with E-state index < -0.39 is 0 Å². The summed E-state index contributed by atoms with van der Waals surface area (Å²) in [7, 11) is 0. The maximum absolute atomic E-state index is 6.08. The van der Waals surface area contributed by atoms with Gasteiger partial charge in [0.2, 0.25) is 5.28 Å². The maximum Gasteiger partial charge on any atom is 0.224 e. The average molecular weight is 296 g/mol. The van der Waals surface area contributed by atoms with Gasteiger partial charge in [-0.25, -0.2) is 9.97 Å². The van der Waals surface area contributed by atoms with E-state index in [4.69, 9.17) is 11.6 Å². The molecule has 1 aromatic rings. The molecule has 0 fully saturated rings. The van der Waals surface area contributed by atoms with Crippen LogP contribution in [-0.2, 0) is 12.8 Å². The van der Waals surface area contributed by atoms with Gasteiger partial charge in [-0.1, -0.05) is 20.8 Å². The smallest absolute Gasteiger partial charge is 0.224 e. The van der Waals surface area contributed by atoms with Gasteiger partial charge in [0, 0.05) is 11.1 Å². The highest BCUT2D eigenvalue weighted by Crippen LogP contribution is 2.32. The van der Waals surface area contributed by atoms with Crippen molar-refractivity contribution in [1.82, 2.24) is 9.97 Å². The van der Waals surface area contributed by atoms with Crippen molar-refractivity contribution in [3.63, 3.8) is 0 Å². The van der Waals surface area contributed by atoms with Gasteiger partial charge in [0.1, 0.15) is 5.82 Å². The first-order chi connectivity index (χ1) is 9.16. The third-order valence-electron chi connectivity index (χ3n) is 3.58. The topological polar surface area (TPSA) is 37.8 Å². The van der Waals surface area contributed by atoms with Gasteiger partial charge in [0.05, 0.1) is 5.69 Å². The monoisotopic (exact) mass is 295 g/mol. The zero-order chi connectivity index (χ0) is 15.0. The Kier molecular flexibility index (Phi) is 4.29. The lowest BCUT2D eigenvalue weighted by Gasteiger charge is -2.35. The first-order valence-electron chi connectivity index (χ1n) is 7.50. The second kappa shape index (κ2) is 5.51. The molecule has 1 aliphatic rings. The second-order valence-corrected chi connectivity index (χ2v) is 8.06. The van der Waals surface area contributed by atoms with Gasteiger partial charge in [-0.3, -0.25) is 0 Å². The molecule has 0 spiro atoms. The van der Waals surface area contributed by atoms with Crippen LogP contribution in [0, 0.1) is 5.41 Å². The Balaban J connectivity index is 2.27. The third kappa shape index (κ3) is 4.08. The van der Waals surface area contributed by atoms with Gasteiger partial charge < -0.3 is 5.32 Å². The number of hydrogen-bond donors (Lipinski definition) is 1. The lowest BCUT2D eigenvalue weighted by molar-refractivity contribution is 0.302. The van der Waals surface area contributed by atoms with Crippen molar-refractivity contribution in [2.75, 3.05) is 5.32 Å². The predicted molar refractivity (Wildman–Crippen MR) is 85.5 cm³/mol. The summed E-state index contributed by atoms with van der Waals surface area (Å²) in [5.74, 6) is 0.939. The molecule has 0 aliphatic heterocycles. The molecule has 0 unspecified atom stereocenters. The van der Waals surface area contributed by atoms with E-state index in [1.807, 2.05) is 0 Å². The van der Waals surface area contributed by atoms with E-state index in [0.29, 0.717) is 5.28 Å². The lowest BCUT2D eigenvalue weighted by atomic mass is 9.81. The second-order valence-electron chi connectivity index (χ2n) is 7.72. The largest absolute Gasteiger partial charge is 0.365 e. The van der Waals surface area contributed by atoms with Crippen LogP contribution in [0.1, 0.15) is 65.1 Å². The number of nitrogens with one attached hydrogen (secondary N) is 1. The summed E-state index contributed by atoms with van der Waals surface area (Å²) in [6.07, 6.45) is 5.56. The van der Waals surface area contributed by atoms with Gasteiger partial charge in [-0.2, -0.15) is 0 Å². The van der Waals surface area contributed by atoms with E-state index >= 15 is 0 Å². The molecule has 0 saturated heterocycles. The van der Waals surface area contributed by atoms with Gasteiger partial charge in [-0.05, 0) is 63.0 Å². The van der Waals surface area contributed by atoms with E-state index in [9.17, 15) is 0 Å². The average Bonchev–Trinajstić information content (AvgIpc) is 2.24. The Labute approximate surface area is 127 Å². The summed E-state index contributed by atoms with van der Waals surface area (Å²) in [5.41, 5.74) is 2.65. The first kappa shape index (κ1) is 15.6. The van der Waals surface area contributed by atoms with Crippen molar-refractivity contribution in [2.24, 2.45) is 5.41 Å². The van der Waals surface area contributed by atoms with E-state index in [-0.39, 0.29) is 11.0 Å². The fraction of sp³-hybridized carbons (Fsp3) is 0.750. The number of anilines is 1. The summed E-state index contributed by atoms with van der Waals surface area (Å²) in [4.78, 5) is 8.84.